The van der Waals surface area contributed by atoms with Crippen LogP contribution in [-0.2, 0) is 32.2 Å². The largest absolute Gasteiger partial charge is 0.448 e. The van der Waals surface area contributed by atoms with E-state index in [-0.39, 0.29) is 5.25 Å². The van der Waals surface area contributed by atoms with Gasteiger partial charge in [-0.25, -0.2) is 4.39 Å². The van der Waals surface area contributed by atoms with Crippen LogP contribution in [0.5, 0.6) is 0 Å². The Labute approximate surface area is 175 Å². The van der Waals surface area contributed by atoms with Crippen LogP contribution in [-0.4, -0.2) is 35.5 Å². The van der Waals surface area contributed by atoms with Gasteiger partial charge in [0.15, 0.2) is 11.6 Å². The minimum atomic E-state index is -1.40. The Hall–Kier alpha value is -1.89. The molecule has 0 aromatic heterocycles. The molecule has 4 nitrogen and oxygen atoms in total. The van der Waals surface area contributed by atoms with E-state index in [4.69, 9.17) is 14.2 Å². The number of carbonyl (C=O) groups excluding carboxylic acids is 1. The van der Waals surface area contributed by atoms with E-state index in [0.29, 0.717) is 19.8 Å². The SMILES string of the molecule is CC(=O)OC1S[C@H](COCc2ccc(C)cc2)[C@@H](OCc2ccc(C)cc2)[C@@H]1F. The van der Waals surface area contributed by atoms with Crippen molar-refractivity contribution in [3.63, 3.8) is 0 Å². The van der Waals surface area contributed by atoms with E-state index in [1.165, 1.54) is 24.2 Å². The fraction of sp³-hybridized carbons (Fsp3) is 0.435. The minimum absolute atomic E-state index is 0.259. The number of carbonyl (C=O) groups is 1. The lowest BCUT2D eigenvalue weighted by Gasteiger charge is -2.21. The van der Waals surface area contributed by atoms with E-state index in [2.05, 4.69) is 0 Å². The van der Waals surface area contributed by atoms with Crippen LogP contribution in [0.25, 0.3) is 0 Å². The molecule has 1 saturated heterocycles. The molecule has 2 aromatic carbocycles. The van der Waals surface area contributed by atoms with Crippen molar-refractivity contribution in [2.45, 2.75) is 56.9 Å². The fourth-order valence-electron chi connectivity index (χ4n) is 3.13. The van der Waals surface area contributed by atoms with Gasteiger partial charge in [-0.05, 0) is 25.0 Å². The molecule has 6 heteroatoms. The van der Waals surface area contributed by atoms with Gasteiger partial charge < -0.3 is 14.2 Å². The number of hydrogen-bond donors (Lipinski definition) is 0. The van der Waals surface area contributed by atoms with Crippen molar-refractivity contribution in [3.05, 3.63) is 70.8 Å². The zero-order valence-electron chi connectivity index (χ0n) is 17.0. The summed E-state index contributed by atoms with van der Waals surface area (Å²) in [5.74, 6) is -0.497. The van der Waals surface area contributed by atoms with Gasteiger partial charge in [-0.2, -0.15) is 0 Å². The molecular weight excluding hydrogens is 391 g/mol. The summed E-state index contributed by atoms with van der Waals surface area (Å²) in [5, 5.41) is -0.259. The average Bonchev–Trinajstić information content (AvgIpc) is 2.97. The maximum atomic E-state index is 14.9. The Kier molecular flexibility index (Phi) is 7.70. The molecule has 1 aliphatic heterocycles. The summed E-state index contributed by atoms with van der Waals surface area (Å²) in [7, 11) is 0. The lowest BCUT2D eigenvalue weighted by Crippen LogP contribution is -2.35. The summed E-state index contributed by atoms with van der Waals surface area (Å²) in [4.78, 5) is 11.3. The van der Waals surface area contributed by atoms with E-state index in [1.807, 2.05) is 62.4 Å². The number of benzene rings is 2. The average molecular weight is 419 g/mol. The van der Waals surface area contributed by atoms with Crippen LogP contribution in [0.4, 0.5) is 4.39 Å². The molecule has 1 aliphatic rings. The summed E-state index contributed by atoms with van der Waals surface area (Å²) >= 11 is 1.26. The number of hydrogen-bond acceptors (Lipinski definition) is 5. The molecule has 29 heavy (non-hydrogen) atoms. The Morgan fingerprint density at radius 3 is 2.07 bits per heavy atom. The number of aryl methyl sites for hydroxylation is 2. The molecule has 1 heterocycles. The van der Waals surface area contributed by atoms with Crippen LogP contribution in [0.1, 0.15) is 29.2 Å². The first-order chi connectivity index (χ1) is 13.9. The van der Waals surface area contributed by atoms with Gasteiger partial charge in [0.05, 0.1) is 25.1 Å². The maximum absolute atomic E-state index is 14.9. The number of halogens is 1. The number of ether oxygens (including phenoxy) is 3. The molecular formula is C23H27FO4S. The molecule has 0 amide bonds. The zero-order valence-corrected chi connectivity index (χ0v) is 17.8. The zero-order chi connectivity index (χ0) is 20.8. The molecule has 0 spiro atoms. The van der Waals surface area contributed by atoms with Gasteiger partial charge >= 0.3 is 5.97 Å². The highest BCUT2D eigenvalue weighted by molar-refractivity contribution is 8.00. The Morgan fingerprint density at radius 2 is 1.52 bits per heavy atom. The molecule has 0 radical (unpaired) electrons. The first kappa shape index (κ1) is 21.8. The highest BCUT2D eigenvalue weighted by Gasteiger charge is 2.47. The number of thioether (sulfide) groups is 1. The molecule has 1 fully saturated rings. The number of alkyl halides is 1. The minimum Gasteiger partial charge on any atom is -0.448 e. The summed E-state index contributed by atoms with van der Waals surface area (Å²) in [6.45, 7) is 6.39. The summed E-state index contributed by atoms with van der Waals surface area (Å²) < 4.78 is 31.8. The molecule has 2 aromatic rings. The van der Waals surface area contributed by atoms with Crippen molar-refractivity contribution >= 4 is 17.7 Å². The maximum Gasteiger partial charge on any atom is 0.303 e. The first-order valence-electron chi connectivity index (χ1n) is 9.69. The van der Waals surface area contributed by atoms with Gasteiger partial charge in [0.25, 0.3) is 0 Å². The highest BCUT2D eigenvalue weighted by Crippen LogP contribution is 2.39. The molecule has 0 saturated carbocycles. The summed E-state index contributed by atoms with van der Waals surface area (Å²) in [6, 6.07) is 16.0. The molecule has 3 rings (SSSR count). The molecule has 4 atom stereocenters. The van der Waals surface area contributed by atoms with E-state index < -0.39 is 23.7 Å². The third-order valence-corrected chi connectivity index (χ3v) is 6.14. The Morgan fingerprint density at radius 1 is 0.966 bits per heavy atom. The quantitative estimate of drug-likeness (QED) is 0.579. The van der Waals surface area contributed by atoms with Crippen molar-refractivity contribution in [1.29, 1.82) is 0 Å². The van der Waals surface area contributed by atoms with Gasteiger partial charge in [-0.15, -0.1) is 11.8 Å². The van der Waals surface area contributed by atoms with Crippen molar-refractivity contribution < 1.29 is 23.4 Å². The summed E-state index contributed by atoms with van der Waals surface area (Å²) in [5.41, 5.74) is 3.51. The second-order valence-corrected chi connectivity index (χ2v) is 8.70. The second-order valence-electron chi connectivity index (χ2n) is 7.36. The monoisotopic (exact) mass is 418 g/mol. The van der Waals surface area contributed by atoms with Crippen LogP contribution in [0, 0.1) is 13.8 Å². The van der Waals surface area contributed by atoms with Gasteiger partial charge in [0, 0.05) is 6.92 Å². The number of rotatable bonds is 8. The van der Waals surface area contributed by atoms with Gasteiger partial charge in [-0.3, -0.25) is 4.79 Å². The number of esters is 1. The molecule has 1 unspecified atom stereocenters. The topological polar surface area (TPSA) is 44.8 Å². The lowest BCUT2D eigenvalue weighted by molar-refractivity contribution is -0.146. The van der Waals surface area contributed by atoms with E-state index >= 15 is 0 Å². The van der Waals surface area contributed by atoms with Crippen LogP contribution in [0.3, 0.4) is 0 Å². The van der Waals surface area contributed by atoms with Crippen LogP contribution >= 0.6 is 11.8 Å². The Balaban J connectivity index is 1.60. The van der Waals surface area contributed by atoms with Crippen molar-refractivity contribution in [1.82, 2.24) is 0 Å². The van der Waals surface area contributed by atoms with Crippen LogP contribution in [0.2, 0.25) is 0 Å². The third kappa shape index (κ3) is 6.29. The van der Waals surface area contributed by atoms with E-state index in [0.717, 1.165) is 16.7 Å². The highest BCUT2D eigenvalue weighted by atomic mass is 32.2. The molecule has 0 aliphatic carbocycles. The second kappa shape index (κ2) is 10.2. The standard InChI is InChI=1S/C23H27FO4S/c1-15-4-8-18(9-5-15)12-26-14-20-22(21(24)23(29-20)28-17(3)25)27-13-19-10-6-16(2)7-11-19/h4-11,20-23H,12-14H2,1-3H3/t20-,21+,22-,23?/m1/s1. The van der Waals surface area contributed by atoms with Gasteiger partial charge in [-0.1, -0.05) is 59.7 Å². The van der Waals surface area contributed by atoms with Gasteiger partial charge in [0.2, 0.25) is 0 Å². The first-order valence-corrected chi connectivity index (χ1v) is 10.6. The Bertz CT molecular complexity index is 794. The molecule has 0 N–H and O–H groups in total. The molecule has 0 bridgehead atoms. The van der Waals surface area contributed by atoms with E-state index in [1.54, 1.807) is 0 Å². The lowest BCUT2D eigenvalue weighted by atomic mass is 10.1. The predicted molar refractivity (Wildman–Crippen MR) is 112 cm³/mol. The predicted octanol–water partition coefficient (Wildman–Crippen LogP) is 4.75. The molecule has 156 valence electrons. The third-order valence-electron chi connectivity index (χ3n) is 4.77. The normalized spacial score (nSPS) is 23.9. The van der Waals surface area contributed by atoms with Gasteiger partial charge in [0.1, 0.15) is 6.10 Å². The van der Waals surface area contributed by atoms with Crippen LogP contribution < -0.4 is 0 Å². The van der Waals surface area contributed by atoms with Crippen molar-refractivity contribution in [3.8, 4) is 0 Å². The van der Waals surface area contributed by atoms with Crippen molar-refractivity contribution in [2.24, 2.45) is 0 Å². The van der Waals surface area contributed by atoms with E-state index in [9.17, 15) is 9.18 Å². The smallest absolute Gasteiger partial charge is 0.303 e. The van der Waals surface area contributed by atoms with Crippen LogP contribution in [0.15, 0.2) is 48.5 Å². The summed E-state index contributed by atoms with van der Waals surface area (Å²) in [6.07, 6.45) is -2.11. The van der Waals surface area contributed by atoms with Crippen molar-refractivity contribution in [2.75, 3.05) is 6.61 Å². The fourth-order valence-corrected chi connectivity index (χ4v) is 4.53.